The summed E-state index contributed by atoms with van der Waals surface area (Å²) in [6, 6.07) is 21.6. The molecule has 36 heavy (non-hydrogen) atoms. The van der Waals surface area contributed by atoms with Crippen LogP contribution in [-0.4, -0.2) is 35.1 Å². The van der Waals surface area contributed by atoms with Crippen molar-refractivity contribution in [2.75, 3.05) is 12.4 Å². The van der Waals surface area contributed by atoms with Crippen LogP contribution in [0.2, 0.25) is 0 Å². The minimum absolute atomic E-state index is 0.250. The van der Waals surface area contributed by atoms with Crippen molar-refractivity contribution in [3.8, 4) is 28.5 Å². The van der Waals surface area contributed by atoms with Crippen LogP contribution >= 0.6 is 11.3 Å². The third-order valence-electron chi connectivity index (χ3n) is 5.44. The fourth-order valence-corrected chi connectivity index (χ4v) is 4.27. The molecule has 5 aromatic rings. The van der Waals surface area contributed by atoms with Crippen LogP contribution in [0.5, 0.6) is 5.75 Å². The number of hydrogen-bond acceptors (Lipinski definition) is 8. The molecule has 5 rings (SSSR count). The molecule has 0 saturated carbocycles. The number of nitrogens with one attached hydrogen (secondary N) is 1. The first-order chi connectivity index (χ1) is 17.5. The van der Waals surface area contributed by atoms with Crippen molar-refractivity contribution in [2.45, 2.75) is 13.0 Å². The zero-order valence-electron chi connectivity index (χ0n) is 19.4. The topological polar surface area (TPSA) is 104 Å². The summed E-state index contributed by atoms with van der Waals surface area (Å²) in [5, 5.41) is 4.95. The minimum atomic E-state index is -1.05. The molecule has 0 aliphatic rings. The van der Waals surface area contributed by atoms with Gasteiger partial charge in [-0.05, 0) is 55.5 Å². The van der Waals surface area contributed by atoms with Crippen LogP contribution in [0, 0.1) is 0 Å². The van der Waals surface area contributed by atoms with Gasteiger partial charge in [0.05, 0.1) is 23.9 Å². The number of carbonyl (C=O) groups is 2. The molecule has 1 atom stereocenters. The van der Waals surface area contributed by atoms with Crippen LogP contribution in [0.25, 0.3) is 33.8 Å². The fraction of sp³-hybridized carbons (Fsp3) is 0.111. The number of esters is 1. The van der Waals surface area contributed by atoms with E-state index in [1.165, 1.54) is 18.3 Å². The van der Waals surface area contributed by atoms with Gasteiger partial charge < -0.3 is 13.9 Å². The summed E-state index contributed by atoms with van der Waals surface area (Å²) >= 11 is 1.28. The van der Waals surface area contributed by atoms with Crippen molar-refractivity contribution in [1.82, 2.24) is 9.97 Å². The lowest BCUT2D eigenvalue weighted by Gasteiger charge is -2.13. The van der Waals surface area contributed by atoms with Crippen molar-refractivity contribution >= 4 is 39.4 Å². The predicted octanol–water partition coefficient (Wildman–Crippen LogP) is 5.81. The van der Waals surface area contributed by atoms with E-state index in [0.717, 1.165) is 17.0 Å². The van der Waals surface area contributed by atoms with Gasteiger partial charge >= 0.3 is 5.97 Å². The van der Waals surface area contributed by atoms with Gasteiger partial charge in [-0.15, -0.1) is 11.3 Å². The SMILES string of the molecule is COc1ccc(-c2csc(NC(=O)C(C)OC(=O)c3ccccc3-c3nc4ccccc4o3)n2)cc1. The Kier molecular flexibility index (Phi) is 6.46. The standard InChI is InChI=1S/C27H21N3O5S/c1-16(24(31)30-27-29-22(15-36-27)17-11-13-18(33-2)14-12-17)34-26(32)20-8-4-3-7-19(20)25-28-21-9-5-6-10-23(21)35-25/h3-16H,1-2H3,(H,29,30,31). The number of thiazole rings is 1. The number of rotatable bonds is 7. The summed E-state index contributed by atoms with van der Waals surface area (Å²) in [6.07, 6.45) is -1.05. The molecule has 2 heterocycles. The Labute approximate surface area is 210 Å². The maximum atomic E-state index is 13.0. The molecule has 2 aromatic heterocycles. The van der Waals surface area contributed by atoms with Crippen LogP contribution in [-0.2, 0) is 9.53 Å². The van der Waals surface area contributed by atoms with E-state index >= 15 is 0 Å². The molecule has 9 heteroatoms. The number of para-hydroxylation sites is 2. The number of anilines is 1. The first kappa shape index (κ1) is 23.3. The molecule has 0 saturated heterocycles. The number of oxazole rings is 1. The second kappa shape index (κ2) is 10.0. The maximum Gasteiger partial charge on any atom is 0.339 e. The van der Waals surface area contributed by atoms with Gasteiger partial charge in [-0.1, -0.05) is 24.3 Å². The number of aromatic nitrogens is 2. The fourth-order valence-electron chi connectivity index (χ4n) is 3.55. The zero-order chi connectivity index (χ0) is 25.1. The van der Waals surface area contributed by atoms with E-state index in [1.54, 1.807) is 37.4 Å². The van der Waals surface area contributed by atoms with Crippen LogP contribution in [0.4, 0.5) is 5.13 Å². The summed E-state index contributed by atoms with van der Waals surface area (Å²) in [4.78, 5) is 34.6. The molecule has 0 bridgehead atoms. The van der Waals surface area contributed by atoms with Gasteiger partial charge in [0.25, 0.3) is 5.91 Å². The highest BCUT2D eigenvalue weighted by Crippen LogP contribution is 2.29. The number of hydrogen-bond donors (Lipinski definition) is 1. The number of amides is 1. The van der Waals surface area contributed by atoms with Crippen molar-refractivity contribution in [3.63, 3.8) is 0 Å². The van der Waals surface area contributed by atoms with E-state index in [4.69, 9.17) is 13.9 Å². The number of benzene rings is 3. The summed E-state index contributed by atoms with van der Waals surface area (Å²) in [6.45, 7) is 1.51. The maximum absolute atomic E-state index is 13.0. The highest BCUT2D eigenvalue weighted by molar-refractivity contribution is 7.14. The van der Waals surface area contributed by atoms with E-state index in [2.05, 4.69) is 15.3 Å². The van der Waals surface area contributed by atoms with Crippen LogP contribution < -0.4 is 10.1 Å². The van der Waals surface area contributed by atoms with E-state index in [1.807, 2.05) is 47.8 Å². The van der Waals surface area contributed by atoms with Gasteiger partial charge in [0.15, 0.2) is 16.8 Å². The number of fused-ring (bicyclic) bond motifs is 1. The van der Waals surface area contributed by atoms with Gasteiger partial charge in [-0.2, -0.15) is 0 Å². The third-order valence-corrected chi connectivity index (χ3v) is 6.20. The average molecular weight is 500 g/mol. The first-order valence-electron chi connectivity index (χ1n) is 11.1. The molecule has 180 valence electrons. The van der Waals surface area contributed by atoms with Gasteiger partial charge in [-0.25, -0.2) is 14.8 Å². The second-order valence-electron chi connectivity index (χ2n) is 7.84. The first-order valence-corrected chi connectivity index (χ1v) is 12.0. The summed E-state index contributed by atoms with van der Waals surface area (Å²) in [7, 11) is 1.60. The second-order valence-corrected chi connectivity index (χ2v) is 8.69. The summed E-state index contributed by atoms with van der Waals surface area (Å²) in [5.74, 6) is -0.0996. The number of methoxy groups -OCH3 is 1. The largest absolute Gasteiger partial charge is 0.497 e. The molecular formula is C27H21N3O5S. The Morgan fingerprint density at radius 1 is 0.972 bits per heavy atom. The van der Waals surface area contributed by atoms with Crippen LogP contribution in [0.3, 0.4) is 0 Å². The van der Waals surface area contributed by atoms with E-state index in [-0.39, 0.29) is 5.56 Å². The smallest absolute Gasteiger partial charge is 0.339 e. The summed E-state index contributed by atoms with van der Waals surface area (Å²) in [5.41, 5.74) is 3.63. The lowest BCUT2D eigenvalue weighted by atomic mass is 10.1. The molecule has 8 nitrogen and oxygen atoms in total. The van der Waals surface area contributed by atoms with Gasteiger partial charge in [0.1, 0.15) is 11.3 Å². The molecule has 3 aromatic carbocycles. The molecular weight excluding hydrogens is 478 g/mol. The molecule has 0 aliphatic heterocycles. The molecule has 0 radical (unpaired) electrons. The Hall–Kier alpha value is -4.50. The Balaban J connectivity index is 1.27. The number of ether oxygens (including phenoxy) is 2. The van der Waals surface area contributed by atoms with Crippen molar-refractivity contribution in [3.05, 3.63) is 83.7 Å². The molecule has 0 aliphatic carbocycles. The lowest BCUT2D eigenvalue weighted by molar-refractivity contribution is -0.123. The minimum Gasteiger partial charge on any atom is -0.497 e. The average Bonchev–Trinajstić information content (AvgIpc) is 3.56. The quantitative estimate of drug-likeness (QED) is 0.282. The van der Waals surface area contributed by atoms with Crippen molar-refractivity contribution in [1.29, 1.82) is 0 Å². The van der Waals surface area contributed by atoms with Crippen LogP contribution in [0.15, 0.2) is 82.6 Å². The number of carbonyl (C=O) groups excluding carboxylic acids is 2. The molecule has 0 spiro atoms. The highest BCUT2D eigenvalue weighted by Gasteiger charge is 2.23. The van der Waals surface area contributed by atoms with Gasteiger partial charge in [0, 0.05) is 10.9 Å². The zero-order valence-corrected chi connectivity index (χ0v) is 20.2. The van der Waals surface area contributed by atoms with Crippen molar-refractivity contribution in [2.24, 2.45) is 0 Å². The lowest BCUT2D eigenvalue weighted by Crippen LogP contribution is -2.30. The van der Waals surface area contributed by atoms with E-state index in [9.17, 15) is 9.59 Å². The Morgan fingerprint density at radius 2 is 1.72 bits per heavy atom. The molecule has 0 fully saturated rings. The van der Waals surface area contributed by atoms with Gasteiger partial charge in [-0.3, -0.25) is 10.1 Å². The van der Waals surface area contributed by atoms with Gasteiger partial charge in [0.2, 0.25) is 5.89 Å². The number of nitrogens with zero attached hydrogens (tertiary/aromatic N) is 2. The van der Waals surface area contributed by atoms with Crippen LogP contribution in [0.1, 0.15) is 17.3 Å². The van der Waals surface area contributed by atoms with E-state index in [0.29, 0.717) is 27.7 Å². The third kappa shape index (κ3) is 4.82. The summed E-state index contributed by atoms with van der Waals surface area (Å²) < 4.78 is 16.5. The molecule has 1 amide bonds. The highest BCUT2D eigenvalue weighted by atomic mass is 32.1. The molecule has 1 unspecified atom stereocenters. The molecule has 1 N–H and O–H groups in total. The van der Waals surface area contributed by atoms with E-state index < -0.39 is 18.0 Å². The normalized spacial score (nSPS) is 11.7. The Bertz CT molecular complexity index is 1510. The van der Waals surface area contributed by atoms with Crippen molar-refractivity contribution < 1.29 is 23.5 Å². The monoisotopic (exact) mass is 499 g/mol. The predicted molar refractivity (Wildman–Crippen MR) is 137 cm³/mol. The Morgan fingerprint density at radius 3 is 2.50 bits per heavy atom.